The molecule has 0 aliphatic heterocycles. The zero-order valence-electron chi connectivity index (χ0n) is 12.1. The van der Waals surface area contributed by atoms with E-state index < -0.39 is 6.10 Å². The fourth-order valence-electron chi connectivity index (χ4n) is 2.71. The smallest absolute Gasteiger partial charge is 0.264 e. The van der Waals surface area contributed by atoms with Crippen LogP contribution in [0.15, 0.2) is 24.3 Å². The Morgan fingerprint density at radius 1 is 1.52 bits per heavy atom. The number of ether oxygens (including phenoxy) is 1. The van der Waals surface area contributed by atoms with Gasteiger partial charge in [-0.05, 0) is 38.0 Å². The Labute approximate surface area is 130 Å². The number of hydrogen-bond acceptors (Lipinski definition) is 3. The molecule has 1 saturated carbocycles. The van der Waals surface area contributed by atoms with E-state index in [9.17, 15) is 4.79 Å². The maximum absolute atomic E-state index is 12.5. The van der Waals surface area contributed by atoms with Crippen LogP contribution >= 0.6 is 11.6 Å². The molecule has 1 unspecified atom stereocenters. The number of hydrogen-bond donors (Lipinski definition) is 0. The van der Waals surface area contributed by atoms with Crippen molar-refractivity contribution in [2.75, 3.05) is 6.54 Å². The predicted molar refractivity (Wildman–Crippen MR) is 81.1 cm³/mol. The summed E-state index contributed by atoms with van der Waals surface area (Å²) in [5, 5.41) is 9.52. The zero-order chi connectivity index (χ0) is 15.2. The Morgan fingerprint density at radius 2 is 2.24 bits per heavy atom. The summed E-state index contributed by atoms with van der Waals surface area (Å²) < 4.78 is 5.66. The third-order valence-electron chi connectivity index (χ3n) is 3.75. The molecule has 112 valence electrons. The minimum absolute atomic E-state index is 0.118. The van der Waals surface area contributed by atoms with Crippen molar-refractivity contribution in [1.82, 2.24) is 4.90 Å². The highest BCUT2D eigenvalue weighted by molar-refractivity contribution is 6.30. The third-order valence-corrected chi connectivity index (χ3v) is 3.98. The highest BCUT2D eigenvalue weighted by atomic mass is 35.5. The average molecular weight is 307 g/mol. The Morgan fingerprint density at radius 3 is 2.86 bits per heavy atom. The fraction of sp³-hybridized carbons (Fsp3) is 0.500. The maximum Gasteiger partial charge on any atom is 0.264 e. The minimum Gasteiger partial charge on any atom is -0.481 e. The van der Waals surface area contributed by atoms with Crippen molar-refractivity contribution in [3.63, 3.8) is 0 Å². The highest BCUT2D eigenvalue weighted by Crippen LogP contribution is 2.25. The van der Waals surface area contributed by atoms with Crippen LogP contribution in [0.3, 0.4) is 0 Å². The van der Waals surface area contributed by atoms with E-state index in [4.69, 9.17) is 21.6 Å². The van der Waals surface area contributed by atoms with Gasteiger partial charge in [0.1, 0.15) is 12.3 Å². The largest absolute Gasteiger partial charge is 0.481 e. The molecule has 0 saturated heterocycles. The van der Waals surface area contributed by atoms with E-state index in [1.54, 1.807) is 36.1 Å². The summed E-state index contributed by atoms with van der Waals surface area (Å²) in [4.78, 5) is 14.2. The lowest BCUT2D eigenvalue weighted by molar-refractivity contribution is -0.139. The van der Waals surface area contributed by atoms with Crippen molar-refractivity contribution in [3.05, 3.63) is 29.3 Å². The van der Waals surface area contributed by atoms with E-state index in [0.29, 0.717) is 10.8 Å². The molecule has 2 rings (SSSR count). The van der Waals surface area contributed by atoms with Crippen molar-refractivity contribution in [2.24, 2.45) is 0 Å². The summed E-state index contributed by atoms with van der Waals surface area (Å²) in [6.07, 6.45) is 3.54. The van der Waals surface area contributed by atoms with Gasteiger partial charge in [-0.25, -0.2) is 0 Å². The second kappa shape index (κ2) is 7.33. The van der Waals surface area contributed by atoms with Gasteiger partial charge in [0.05, 0.1) is 6.07 Å². The molecule has 1 amide bonds. The number of benzene rings is 1. The van der Waals surface area contributed by atoms with Gasteiger partial charge in [-0.2, -0.15) is 5.26 Å². The number of rotatable bonds is 5. The minimum atomic E-state index is -0.627. The molecule has 0 radical (unpaired) electrons. The summed E-state index contributed by atoms with van der Waals surface area (Å²) in [6.45, 7) is 1.83. The van der Waals surface area contributed by atoms with Crippen LogP contribution in [0.25, 0.3) is 0 Å². The average Bonchev–Trinajstić information content (AvgIpc) is 2.98. The van der Waals surface area contributed by atoms with Crippen molar-refractivity contribution in [1.29, 1.82) is 5.26 Å². The molecular formula is C16H19ClN2O2. The van der Waals surface area contributed by atoms with Gasteiger partial charge < -0.3 is 9.64 Å². The molecule has 0 spiro atoms. The van der Waals surface area contributed by atoms with Gasteiger partial charge in [-0.1, -0.05) is 30.5 Å². The first-order valence-electron chi connectivity index (χ1n) is 7.21. The summed E-state index contributed by atoms with van der Waals surface area (Å²) in [7, 11) is 0. The van der Waals surface area contributed by atoms with Crippen molar-refractivity contribution in [2.45, 2.75) is 44.8 Å². The van der Waals surface area contributed by atoms with Gasteiger partial charge >= 0.3 is 0 Å². The Balaban J connectivity index is 2.03. The molecule has 0 aromatic heterocycles. The maximum atomic E-state index is 12.5. The van der Waals surface area contributed by atoms with Crippen LogP contribution < -0.4 is 4.74 Å². The fourth-order valence-corrected chi connectivity index (χ4v) is 2.89. The van der Waals surface area contributed by atoms with Crippen LogP contribution in [0.5, 0.6) is 5.75 Å². The summed E-state index contributed by atoms with van der Waals surface area (Å²) in [5.74, 6) is 0.426. The van der Waals surface area contributed by atoms with E-state index in [-0.39, 0.29) is 18.5 Å². The molecular weight excluding hydrogens is 288 g/mol. The molecule has 1 fully saturated rings. The quantitative estimate of drug-likeness (QED) is 0.783. The molecule has 1 atom stereocenters. The van der Waals surface area contributed by atoms with Gasteiger partial charge in [-0.15, -0.1) is 0 Å². The molecule has 0 N–H and O–H groups in total. The summed E-state index contributed by atoms with van der Waals surface area (Å²) in [5.41, 5.74) is 0. The normalized spacial score (nSPS) is 16.2. The van der Waals surface area contributed by atoms with Gasteiger partial charge in [0.25, 0.3) is 5.91 Å². The van der Waals surface area contributed by atoms with Crippen LogP contribution in [0.1, 0.15) is 32.6 Å². The van der Waals surface area contributed by atoms with E-state index in [1.165, 1.54) is 0 Å². The van der Waals surface area contributed by atoms with Crippen LogP contribution in [0.2, 0.25) is 5.02 Å². The first-order chi connectivity index (χ1) is 10.1. The number of amides is 1. The number of carbonyl (C=O) groups excluding carboxylic acids is 1. The summed E-state index contributed by atoms with van der Waals surface area (Å²) in [6, 6.07) is 9.22. The van der Waals surface area contributed by atoms with Gasteiger partial charge in [0, 0.05) is 11.1 Å². The standard InChI is InChI=1S/C16H19ClN2O2/c1-12(21-15-8-4-5-13(17)11-15)16(20)19(10-9-18)14-6-2-3-7-14/h4-5,8,11-12,14H,2-3,6-7,10H2,1H3. The molecule has 4 nitrogen and oxygen atoms in total. The monoisotopic (exact) mass is 306 g/mol. The van der Waals surface area contributed by atoms with Crippen LogP contribution in [0, 0.1) is 11.3 Å². The van der Waals surface area contributed by atoms with E-state index in [1.807, 2.05) is 0 Å². The molecule has 5 heteroatoms. The van der Waals surface area contributed by atoms with E-state index in [2.05, 4.69) is 6.07 Å². The second-order valence-electron chi connectivity index (χ2n) is 5.28. The third kappa shape index (κ3) is 4.12. The number of nitriles is 1. The SMILES string of the molecule is CC(Oc1cccc(Cl)c1)C(=O)N(CC#N)C1CCCC1. The first-order valence-corrected chi connectivity index (χ1v) is 7.59. The van der Waals surface area contributed by atoms with E-state index >= 15 is 0 Å². The van der Waals surface area contributed by atoms with Crippen LogP contribution in [-0.4, -0.2) is 29.5 Å². The topological polar surface area (TPSA) is 53.3 Å². The van der Waals surface area contributed by atoms with Crippen LogP contribution in [0.4, 0.5) is 0 Å². The lowest BCUT2D eigenvalue weighted by atomic mass is 10.2. The predicted octanol–water partition coefficient (Wildman–Crippen LogP) is 3.40. The number of nitrogens with zero attached hydrogens (tertiary/aromatic N) is 2. The van der Waals surface area contributed by atoms with Crippen molar-refractivity contribution < 1.29 is 9.53 Å². The van der Waals surface area contributed by atoms with Gasteiger partial charge in [-0.3, -0.25) is 4.79 Å². The zero-order valence-corrected chi connectivity index (χ0v) is 12.8. The lowest BCUT2D eigenvalue weighted by Crippen LogP contribution is -2.45. The molecule has 1 aromatic rings. The second-order valence-corrected chi connectivity index (χ2v) is 5.72. The Hall–Kier alpha value is -1.73. The lowest BCUT2D eigenvalue weighted by Gasteiger charge is -2.29. The molecule has 21 heavy (non-hydrogen) atoms. The summed E-state index contributed by atoms with van der Waals surface area (Å²) >= 11 is 5.91. The van der Waals surface area contributed by atoms with E-state index in [0.717, 1.165) is 25.7 Å². The van der Waals surface area contributed by atoms with Crippen molar-refractivity contribution in [3.8, 4) is 11.8 Å². The number of halogens is 1. The first kappa shape index (κ1) is 15.7. The van der Waals surface area contributed by atoms with Gasteiger partial charge in [0.2, 0.25) is 0 Å². The molecule has 1 aliphatic rings. The molecule has 1 aliphatic carbocycles. The Kier molecular flexibility index (Phi) is 5.46. The van der Waals surface area contributed by atoms with Crippen LogP contribution in [-0.2, 0) is 4.79 Å². The molecule has 1 aromatic carbocycles. The van der Waals surface area contributed by atoms with Gasteiger partial charge in [0.15, 0.2) is 6.10 Å². The van der Waals surface area contributed by atoms with Crippen molar-refractivity contribution >= 4 is 17.5 Å². The number of carbonyl (C=O) groups is 1. The molecule has 0 bridgehead atoms. The highest BCUT2D eigenvalue weighted by Gasteiger charge is 2.30. The Bertz CT molecular complexity index is 535. The molecule has 0 heterocycles.